The van der Waals surface area contributed by atoms with Crippen LogP contribution in [0.25, 0.3) is 0 Å². The highest BCUT2D eigenvalue weighted by Gasteiger charge is 2.21. The van der Waals surface area contributed by atoms with E-state index in [1.54, 1.807) is 7.11 Å². The molecule has 1 aliphatic heterocycles. The van der Waals surface area contributed by atoms with Crippen LogP contribution in [0.5, 0.6) is 0 Å². The van der Waals surface area contributed by atoms with Gasteiger partial charge >= 0.3 is 0 Å². The number of para-hydroxylation sites is 1. The highest BCUT2D eigenvalue weighted by atomic mass is 16.5. The van der Waals surface area contributed by atoms with Crippen molar-refractivity contribution >= 4 is 5.69 Å². The first-order valence-electron chi connectivity index (χ1n) is 8.41. The second-order valence-electron chi connectivity index (χ2n) is 5.90. The number of nitrogens with zero attached hydrogens (tertiary/aromatic N) is 1. The molecule has 1 unspecified atom stereocenters. The van der Waals surface area contributed by atoms with Crippen molar-refractivity contribution in [1.29, 1.82) is 0 Å². The number of anilines is 1. The topological polar surface area (TPSA) is 24.5 Å². The van der Waals surface area contributed by atoms with Crippen LogP contribution in [0.4, 0.5) is 5.69 Å². The summed E-state index contributed by atoms with van der Waals surface area (Å²) >= 11 is 0. The van der Waals surface area contributed by atoms with E-state index in [1.807, 2.05) is 0 Å². The minimum atomic E-state index is 0.702. The van der Waals surface area contributed by atoms with Crippen molar-refractivity contribution in [3.63, 3.8) is 0 Å². The van der Waals surface area contributed by atoms with Gasteiger partial charge in [-0.15, -0.1) is 0 Å². The Morgan fingerprint density at radius 2 is 2.10 bits per heavy atom. The average molecular weight is 290 g/mol. The van der Waals surface area contributed by atoms with Gasteiger partial charge in [-0.2, -0.15) is 0 Å². The number of rotatable bonds is 7. The van der Waals surface area contributed by atoms with Crippen LogP contribution in [-0.4, -0.2) is 32.8 Å². The monoisotopic (exact) mass is 290 g/mol. The van der Waals surface area contributed by atoms with Gasteiger partial charge in [0.25, 0.3) is 0 Å². The molecule has 0 spiro atoms. The van der Waals surface area contributed by atoms with Crippen molar-refractivity contribution in [2.24, 2.45) is 0 Å². The third-order valence-corrected chi connectivity index (χ3v) is 4.45. The van der Waals surface area contributed by atoms with Gasteiger partial charge < -0.3 is 15.0 Å². The molecule has 1 fully saturated rings. The second-order valence-corrected chi connectivity index (χ2v) is 5.90. The van der Waals surface area contributed by atoms with Gasteiger partial charge in [0.2, 0.25) is 0 Å². The molecule has 0 amide bonds. The van der Waals surface area contributed by atoms with Gasteiger partial charge in [0.15, 0.2) is 0 Å². The number of nitrogens with one attached hydrogen (secondary N) is 1. The molecule has 0 saturated carbocycles. The first-order chi connectivity index (χ1) is 10.4. The zero-order valence-electron chi connectivity index (χ0n) is 13.6. The van der Waals surface area contributed by atoms with E-state index in [1.165, 1.54) is 49.9 Å². The maximum Gasteiger partial charge on any atom is 0.0587 e. The van der Waals surface area contributed by atoms with Gasteiger partial charge in [0, 0.05) is 38.5 Å². The largest absolute Gasteiger partial charge is 0.383 e. The fourth-order valence-electron chi connectivity index (χ4n) is 3.26. The third-order valence-electron chi connectivity index (χ3n) is 4.45. The number of methoxy groups -OCH3 is 1. The average Bonchev–Trinajstić information content (AvgIpc) is 2.77. The van der Waals surface area contributed by atoms with Gasteiger partial charge in [-0.3, -0.25) is 0 Å². The van der Waals surface area contributed by atoms with Gasteiger partial charge in [-0.1, -0.05) is 38.0 Å². The van der Waals surface area contributed by atoms with Crippen LogP contribution >= 0.6 is 0 Å². The van der Waals surface area contributed by atoms with E-state index in [9.17, 15) is 0 Å². The smallest absolute Gasteiger partial charge is 0.0587 e. The maximum absolute atomic E-state index is 5.10. The summed E-state index contributed by atoms with van der Waals surface area (Å²) in [6.07, 6.45) is 6.65. The quantitative estimate of drug-likeness (QED) is 0.777. The van der Waals surface area contributed by atoms with E-state index in [0.717, 1.165) is 19.7 Å². The van der Waals surface area contributed by atoms with E-state index in [2.05, 4.69) is 41.4 Å². The minimum Gasteiger partial charge on any atom is -0.383 e. The third kappa shape index (κ3) is 4.72. The molecule has 0 aliphatic carbocycles. The van der Waals surface area contributed by atoms with Crippen molar-refractivity contribution in [3.05, 3.63) is 29.8 Å². The van der Waals surface area contributed by atoms with E-state index >= 15 is 0 Å². The molecule has 1 atom stereocenters. The Bertz CT molecular complexity index is 408. The zero-order chi connectivity index (χ0) is 14.9. The SMILES string of the molecule is CCC1CCCCCN1c1ccccc1CNCCOC. The predicted molar refractivity (Wildman–Crippen MR) is 89.9 cm³/mol. The lowest BCUT2D eigenvalue weighted by Crippen LogP contribution is -2.35. The summed E-state index contributed by atoms with van der Waals surface area (Å²) in [5.41, 5.74) is 2.84. The van der Waals surface area contributed by atoms with Gasteiger partial charge in [0.05, 0.1) is 6.61 Å². The lowest BCUT2D eigenvalue weighted by atomic mass is 10.1. The molecule has 118 valence electrons. The van der Waals surface area contributed by atoms with Gasteiger partial charge in [-0.25, -0.2) is 0 Å². The molecule has 1 saturated heterocycles. The Hall–Kier alpha value is -1.06. The van der Waals surface area contributed by atoms with E-state index in [0.29, 0.717) is 6.04 Å². The van der Waals surface area contributed by atoms with Crippen LogP contribution in [0.2, 0.25) is 0 Å². The Labute approximate surface area is 129 Å². The highest BCUT2D eigenvalue weighted by Crippen LogP contribution is 2.28. The number of benzene rings is 1. The van der Waals surface area contributed by atoms with Crippen molar-refractivity contribution in [1.82, 2.24) is 5.32 Å². The second kappa shape index (κ2) is 9.06. The van der Waals surface area contributed by atoms with Crippen molar-refractivity contribution in [2.75, 3.05) is 31.7 Å². The maximum atomic E-state index is 5.10. The van der Waals surface area contributed by atoms with E-state index < -0.39 is 0 Å². The van der Waals surface area contributed by atoms with Crippen molar-refractivity contribution < 1.29 is 4.74 Å². The molecule has 1 aromatic carbocycles. The number of ether oxygens (including phenoxy) is 1. The summed E-state index contributed by atoms with van der Waals surface area (Å²) in [4.78, 5) is 2.65. The molecule has 21 heavy (non-hydrogen) atoms. The molecule has 1 N–H and O–H groups in total. The summed E-state index contributed by atoms with van der Waals surface area (Å²) in [6, 6.07) is 9.57. The molecule has 2 rings (SSSR count). The van der Waals surface area contributed by atoms with Crippen LogP contribution in [-0.2, 0) is 11.3 Å². The molecular weight excluding hydrogens is 260 g/mol. The molecule has 1 heterocycles. The summed E-state index contributed by atoms with van der Waals surface area (Å²) < 4.78 is 5.10. The molecule has 0 aromatic heterocycles. The summed E-state index contributed by atoms with van der Waals surface area (Å²) in [5, 5.41) is 3.48. The summed E-state index contributed by atoms with van der Waals surface area (Å²) in [6.45, 7) is 6.12. The van der Waals surface area contributed by atoms with Crippen molar-refractivity contribution in [2.45, 2.75) is 51.6 Å². The first-order valence-corrected chi connectivity index (χ1v) is 8.41. The van der Waals surface area contributed by atoms with Crippen LogP contribution in [0.1, 0.15) is 44.6 Å². The number of hydrogen-bond acceptors (Lipinski definition) is 3. The number of hydrogen-bond donors (Lipinski definition) is 1. The molecule has 0 radical (unpaired) electrons. The molecular formula is C18H30N2O. The molecule has 3 nitrogen and oxygen atoms in total. The zero-order valence-corrected chi connectivity index (χ0v) is 13.6. The fourth-order valence-corrected chi connectivity index (χ4v) is 3.26. The van der Waals surface area contributed by atoms with Crippen LogP contribution in [0.15, 0.2) is 24.3 Å². The normalized spacial score (nSPS) is 19.5. The van der Waals surface area contributed by atoms with E-state index in [-0.39, 0.29) is 0 Å². The van der Waals surface area contributed by atoms with Crippen molar-refractivity contribution in [3.8, 4) is 0 Å². The summed E-state index contributed by atoms with van der Waals surface area (Å²) in [5.74, 6) is 0. The Kier molecular flexibility index (Phi) is 7.04. The van der Waals surface area contributed by atoms with Gasteiger partial charge in [-0.05, 0) is 30.9 Å². The van der Waals surface area contributed by atoms with Crippen LogP contribution in [0, 0.1) is 0 Å². The fraction of sp³-hybridized carbons (Fsp3) is 0.667. The molecule has 1 aromatic rings. The lowest BCUT2D eigenvalue weighted by Gasteiger charge is -2.33. The predicted octanol–water partition coefficient (Wildman–Crippen LogP) is 3.58. The van der Waals surface area contributed by atoms with Crippen LogP contribution < -0.4 is 10.2 Å². The molecule has 3 heteroatoms. The Morgan fingerprint density at radius 3 is 2.90 bits per heavy atom. The molecule has 0 bridgehead atoms. The first kappa shape index (κ1) is 16.3. The standard InChI is InChI=1S/C18H30N2O/c1-3-17-10-5-4-8-13-20(17)18-11-7-6-9-16(18)15-19-12-14-21-2/h6-7,9,11,17,19H,3-5,8,10,12-15H2,1-2H3. The van der Waals surface area contributed by atoms with E-state index in [4.69, 9.17) is 4.74 Å². The van der Waals surface area contributed by atoms with Gasteiger partial charge in [0.1, 0.15) is 0 Å². The Balaban J connectivity index is 2.09. The van der Waals surface area contributed by atoms with Crippen LogP contribution in [0.3, 0.4) is 0 Å². The Morgan fingerprint density at radius 1 is 1.24 bits per heavy atom. The summed E-state index contributed by atoms with van der Waals surface area (Å²) in [7, 11) is 1.75. The highest BCUT2D eigenvalue weighted by molar-refractivity contribution is 5.54. The molecule has 1 aliphatic rings. The minimum absolute atomic E-state index is 0.702. The lowest BCUT2D eigenvalue weighted by molar-refractivity contribution is 0.199.